The number of carbonyl (C=O) groups is 11. The van der Waals surface area contributed by atoms with Crippen LogP contribution in [0.4, 0.5) is 0 Å². The highest BCUT2D eigenvalue weighted by molar-refractivity contribution is 5.99. The van der Waals surface area contributed by atoms with E-state index in [0.29, 0.717) is 24.8 Å². The molecule has 0 spiro atoms. The third-order valence-corrected chi connectivity index (χ3v) is 13.2. The minimum atomic E-state index is -1.90. The minimum absolute atomic E-state index is 0.00397. The first-order chi connectivity index (χ1) is 34.4. The van der Waals surface area contributed by atoms with Gasteiger partial charge in [0.2, 0.25) is 47.3 Å². The molecular weight excluding hydrogens is 955 g/mol. The molecule has 0 unspecified atom stereocenters. The molecule has 24 heteroatoms. The molecule has 24 nitrogen and oxygen atoms in total. The molecule has 3 aliphatic rings. The van der Waals surface area contributed by atoms with Crippen molar-refractivity contribution < 1.29 is 73.2 Å². The Bertz CT molecular complexity index is 2180. The van der Waals surface area contributed by atoms with E-state index >= 15 is 0 Å². The summed E-state index contributed by atoms with van der Waals surface area (Å²) < 4.78 is 0. The van der Waals surface area contributed by atoms with E-state index in [1.807, 2.05) is 13.8 Å². The van der Waals surface area contributed by atoms with Crippen molar-refractivity contribution in [2.24, 2.45) is 17.6 Å². The zero-order valence-electron chi connectivity index (χ0n) is 42.1. The molecule has 0 saturated carbocycles. The minimum Gasteiger partial charge on any atom is -0.481 e. The monoisotopic (exact) mass is 1030 g/mol. The molecule has 10 atom stereocenters. The molecule has 3 saturated heterocycles. The summed E-state index contributed by atoms with van der Waals surface area (Å²) in [6.07, 6.45) is -1.51. The number of carboxylic acid groups (broad SMARTS) is 3. The van der Waals surface area contributed by atoms with Gasteiger partial charge < -0.3 is 67.4 Å². The largest absolute Gasteiger partial charge is 0.481 e. The number of nitrogens with one attached hydrogen (secondary N) is 5. The van der Waals surface area contributed by atoms with Gasteiger partial charge in [-0.25, -0.2) is 4.79 Å². The summed E-state index contributed by atoms with van der Waals surface area (Å²) in [7, 11) is 0. The molecule has 404 valence electrons. The van der Waals surface area contributed by atoms with Gasteiger partial charge >= 0.3 is 17.9 Å². The molecule has 3 heterocycles. The molecule has 4 rings (SSSR count). The number of likely N-dealkylation sites (tertiary alicyclic amines) is 3. The Morgan fingerprint density at radius 1 is 0.575 bits per heavy atom. The smallest absolute Gasteiger partial charge is 0.326 e. The molecule has 0 bridgehead atoms. The Kier molecular flexibility index (Phi) is 22.1. The van der Waals surface area contributed by atoms with Crippen molar-refractivity contribution in [2.75, 3.05) is 19.6 Å². The first kappa shape index (κ1) is 58.9. The molecular formula is C49H73N9O15. The maximum atomic E-state index is 14.4. The van der Waals surface area contributed by atoms with Crippen LogP contribution < -0.4 is 32.3 Å². The first-order valence-electron chi connectivity index (χ1n) is 25.0. The van der Waals surface area contributed by atoms with Gasteiger partial charge in [0.1, 0.15) is 54.4 Å². The van der Waals surface area contributed by atoms with Gasteiger partial charge in [0.05, 0.1) is 12.5 Å². The van der Waals surface area contributed by atoms with Crippen molar-refractivity contribution in [3.8, 4) is 0 Å². The van der Waals surface area contributed by atoms with Crippen LogP contribution in [0.15, 0.2) is 30.3 Å². The highest BCUT2D eigenvalue weighted by atomic mass is 16.4. The second-order valence-electron chi connectivity index (χ2n) is 20.0. The van der Waals surface area contributed by atoms with E-state index in [1.54, 1.807) is 44.2 Å². The second-order valence-corrected chi connectivity index (χ2v) is 20.0. The summed E-state index contributed by atoms with van der Waals surface area (Å²) in [5.41, 5.74) is 6.34. The lowest BCUT2D eigenvalue weighted by atomic mass is 10.00. The van der Waals surface area contributed by atoms with Crippen molar-refractivity contribution >= 4 is 65.2 Å². The summed E-state index contributed by atoms with van der Waals surface area (Å²) in [5, 5.41) is 51.6. The fourth-order valence-electron chi connectivity index (χ4n) is 9.40. The number of carbonyl (C=O) groups excluding carboxylic acids is 8. The zero-order chi connectivity index (χ0) is 54.3. The molecule has 3 aliphatic heterocycles. The lowest BCUT2D eigenvalue weighted by molar-refractivity contribution is -0.151. The van der Waals surface area contributed by atoms with E-state index in [1.165, 1.54) is 21.6 Å². The maximum Gasteiger partial charge on any atom is 0.326 e. The van der Waals surface area contributed by atoms with Gasteiger partial charge in [0.15, 0.2) is 0 Å². The molecule has 11 N–H and O–H groups in total. The van der Waals surface area contributed by atoms with Crippen molar-refractivity contribution in [3.05, 3.63) is 35.9 Å². The molecule has 73 heavy (non-hydrogen) atoms. The number of hydrogen-bond acceptors (Lipinski definition) is 13. The fraction of sp³-hybridized carbons (Fsp3) is 0.653. The van der Waals surface area contributed by atoms with Crippen LogP contribution in [-0.4, -0.2) is 180 Å². The number of aliphatic hydroxyl groups excluding tert-OH is 1. The van der Waals surface area contributed by atoms with E-state index in [9.17, 15) is 73.2 Å². The SMILES string of the molecule is CC(C)C[C@H](NC(=O)[C@@H]1CCCN1C(=O)[C@@H]1CCCN1C(=O)[C@@H]1CCCN1C(=O)[C@H](CCC(=O)O)NC(=O)[C@H](CC(=O)O)NC(=O)[C@H](Cc1ccccc1)NC(=O)[C@H](CC(C)C)NC(=O)[C@@H](N)[C@@H](C)O)C(=O)O. The predicted octanol–water partition coefficient (Wildman–Crippen LogP) is -1.15. The quantitative estimate of drug-likeness (QED) is 0.0524. The number of hydrogen-bond donors (Lipinski definition) is 10. The number of aliphatic carboxylic acids is 3. The molecule has 0 radical (unpaired) electrons. The van der Waals surface area contributed by atoms with Crippen LogP contribution in [0.3, 0.4) is 0 Å². The number of aliphatic hydroxyl groups is 1. The van der Waals surface area contributed by atoms with E-state index in [4.69, 9.17) is 5.73 Å². The Labute approximate surface area is 423 Å². The Balaban J connectivity index is 1.54. The standard InChI is InChI=1S/C49H73N9O15/c1-26(2)22-31(54-45(68)40(50)28(5)59)41(64)52-32(24-29-12-7-6-8-13-29)42(65)53-33(25-39(62)63)43(66)51-30(17-18-38(60)61)46(69)57-20-10-15-36(57)48(71)58-21-11-16-37(58)47(70)56-19-9-14-35(56)44(67)55-34(49(72)73)23-27(3)4/h6-8,12-13,26-28,30-37,40,59H,9-11,14-25,50H2,1-5H3,(H,51,66)(H,52,64)(H,53,65)(H,54,68)(H,55,67)(H,60,61)(H,62,63)(H,72,73)/t28-,30+,31+,32+,33+,34+,35+,36+,37+,40+/m1/s1. The molecule has 8 amide bonds. The molecule has 3 fully saturated rings. The van der Waals surface area contributed by atoms with Gasteiger partial charge in [-0.05, 0) is 82.1 Å². The van der Waals surface area contributed by atoms with Crippen LogP contribution in [0.1, 0.15) is 111 Å². The summed E-state index contributed by atoms with van der Waals surface area (Å²) in [6, 6.07) is -3.59. The number of nitrogens with two attached hydrogens (primary N) is 1. The van der Waals surface area contributed by atoms with Crippen molar-refractivity contribution in [2.45, 2.75) is 172 Å². The number of rotatable bonds is 26. The van der Waals surface area contributed by atoms with Gasteiger partial charge in [-0.3, -0.25) is 47.9 Å². The second kappa shape index (κ2) is 27.4. The van der Waals surface area contributed by atoms with Crippen molar-refractivity contribution in [1.29, 1.82) is 0 Å². The van der Waals surface area contributed by atoms with Gasteiger partial charge in [-0.2, -0.15) is 0 Å². The van der Waals surface area contributed by atoms with Gasteiger partial charge in [0.25, 0.3) is 0 Å². The first-order valence-corrected chi connectivity index (χ1v) is 25.0. The maximum absolute atomic E-state index is 14.4. The topological polar surface area (TPSA) is 365 Å². The molecule has 0 aliphatic carbocycles. The normalized spacial score (nSPS) is 20.5. The lowest BCUT2D eigenvalue weighted by Crippen LogP contribution is -2.61. The van der Waals surface area contributed by atoms with Crippen LogP contribution in [0.5, 0.6) is 0 Å². The van der Waals surface area contributed by atoms with Crippen LogP contribution in [0.2, 0.25) is 0 Å². The highest BCUT2D eigenvalue weighted by Crippen LogP contribution is 2.29. The predicted molar refractivity (Wildman–Crippen MR) is 259 cm³/mol. The Morgan fingerprint density at radius 3 is 1.58 bits per heavy atom. The third kappa shape index (κ3) is 16.9. The summed E-state index contributed by atoms with van der Waals surface area (Å²) >= 11 is 0. The van der Waals surface area contributed by atoms with Crippen molar-refractivity contribution in [3.63, 3.8) is 0 Å². The number of benzene rings is 1. The average Bonchev–Trinajstić information content (AvgIpc) is 4.13. The molecule has 0 aromatic heterocycles. The van der Waals surface area contributed by atoms with Crippen LogP contribution >= 0.6 is 0 Å². The number of carboxylic acids is 3. The zero-order valence-corrected chi connectivity index (χ0v) is 42.1. The van der Waals surface area contributed by atoms with Crippen molar-refractivity contribution in [1.82, 2.24) is 41.3 Å². The van der Waals surface area contributed by atoms with E-state index in [-0.39, 0.29) is 70.0 Å². The van der Waals surface area contributed by atoms with Crippen LogP contribution in [-0.2, 0) is 59.2 Å². The van der Waals surface area contributed by atoms with Crippen LogP contribution in [0.25, 0.3) is 0 Å². The lowest BCUT2D eigenvalue weighted by Gasteiger charge is -2.35. The van der Waals surface area contributed by atoms with E-state index in [2.05, 4.69) is 26.6 Å². The summed E-state index contributed by atoms with van der Waals surface area (Å²) in [4.78, 5) is 151. The summed E-state index contributed by atoms with van der Waals surface area (Å²) in [6.45, 7) is 8.81. The number of nitrogens with zero attached hydrogens (tertiary/aromatic N) is 3. The average molecular weight is 1030 g/mol. The highest BCUT2D eigenvalue weighted by Gasteiger charge is 2.47. The molecule has 1 aromatic rings. The van der Waals surface area contributed by atoms with E-state index in [0.717, 1.165) is 0 Å². The number of amides is 8. The Morgan fingerprint density at radius 2 is 1.04 bits per heavy atom. The molecule has 1 aromatic carbocycles. The van der Waals surface area contributed by atoms with Crippen LogP contribution in [0, 0.1) is 11.8 Å². The fourth-order valence-corrected chi connectivity index (χ4v) is 9.40. The summed E-state index contributed by atoms with van der Waals surface area (Å²) in [5.74, 6) is -10.8. The third-order valence-electron chi connectivity index (χ3n) is 13.2. The van der Waals surface area contributed by atoms with E-state index < -0.39 is 145 Å². The van der Waals surface area contributed by atoms with Gasteiger partial charge in [-0.1, -0.05) is 58.0 Å². The van der Waals surface area contributed by atoms with Gasteiger partial charge in [0, 0.05) is 32.5 Å². The van der Waals surface area contributed by atoms with Gasteiger partial charge in [-0.15, -0.1) is 0 Å². The Hall–Kier alpha value is -6.69.